The molecular formula is C12H16N4. The smallest absolute Gasteiger partial charge is 0.0825 e. The van der Waals surface area contributed by atoms with E-state index >= 15 is 0 Å². The normalized spacial score (nSPS) is 12.4. The highest BCUT2D eigenvalue weighted by Gasteiger charge is 2.10. The van der Waals surface area contributed by atoms with Crippen molar-refractivity contribution in [1.82, 2.24) is 15.2 Å². The van der Waals surface area contributed by atoms with Crippen LogP contribution in [0.5, 0.6) is 0 Å². The van der Waals surface area contributed by atoms with Crippen LogP contribution in [0.25, 0.3) is 0 Å². The lowest BCUT2D eigenvalue weighted by Gasteiger charge is -2.15. The van der Waals surface area contributed by atoms with Crippen LogP contribution in [0.4, 0.5) is 5.69 Å². The Labute approximate surface area is 95.1 Å². The molecule has 0 aliphatic rings. The van der Waals surface area contributed by atoms with E-state index in [0.717, 1.165) is 17.1 Å². The summed E-state index contributed by atoms with van der Waals surface area (Å²) < 4.78 is 0. The summed E-state index contributed by atoms with van der Waals surface area (Å²) in [5.41, 5.74) is 4.37. The van der Waals surface area contributed by atoms with Crippen molar-refractivity contribution in [2.24, 2.45) is 0 Å². The fraction of sp³-hybridized carbons (Fsp3) is 0.333. The monoisotopic (exact) mass is 216 g/mol. The zero-order chi connectivity index (χ0) is 11.5. The molecule has 2 rings (SSSR count). The van der Waals surface area contributed by atoms with Gasteiger partial charge in [0.05, 0.1) is 17.1 Å². The largest absolute Gasteiger partial charge is 0.376 e. The van der Waals surface area contributed by atoms with Gasteiger partial charge in [-0.15, -0.1) is 0 Å². The maximum Gasteiger partial charge on any atom is 0.0825 e. The molecule has 0 aliphatic carbocycles. The predicted octanol–water partition coefficient (Wildman–Crippen LogP) is 2.59. The molecule has 84 valence electrons. The highest BCUT2D eigenvalue weighted by atomic mass is 15.2. The first-order valence-corrected chi connectivity index (χ1v) is 5.36. The van der Waals surface area contributed by atoms with Gasteiger partial charge in [0, 0.05) is 18.4 Å². The summed E-state index contributed by atoms with van der Waals surface area (Å²) in [6.45, 7) is 6.13. The maximum absolute atomic E-state index is 4.16. The summed E-state index contributed by atoms with van der Waals surface area (Å²) in [6.07, 6.45) is 3.62. The number of aromatic nitrogens is 3. The molecule has 0 saturated heterocycles. The molecule has 2 aromatic heterocycles. The third kappa shape index (κ3) is 2.05. The van der Waals surface area contributed by atoms with Gasteiger partial charge in [0.2, 0.25) is 0 Å². The van der Waals surface area contributed by atoms with Crippen molar-refractivity contribution < 1.29 is 0 Å². The first-order valence-electron chi connectivity index (χ1n) is 5.36. The summed E-state index contributed by atoms with van der Waals surface area (Å²) in [5, 5.41) is 10.6. The minimum Gasteiger partial charge on any atom is -0.376 e. The Morgan fingerprint density at radius 1 is 1.25 bits per heavy atom. The van der Waals surface area contributed by atoms with Gasteiger partial charge < -0.3 is 5.32 Å². The van der Waals surface area contributed by atoms with E-state index in [9.17, 15) is 0 Å². The maximum atomic E-state index is 4.16. The predicted molar refractivity (Wildman–Crippen MR) is 64.3 cm³/mol. The number of H-pyrrole nitrogens is 1. The molecule has 2 aromatic rings. The zero-order valence-corrected chi connectivity index (χ0v) is 9.78. The number of nitrogens with one attached hydrogen (secondary N) is 2. The van der Waals surface area contributed by atoms with Crippen molar-refractivity contribution in [2.75, 3.05) is 5.32 Å². The molecule has 2 heterocycles. The average Bonchev–Trinajstić information content (AvgIpc) is 2.62. The van der Waals surface area contributed by atoms with Crippen LogP contribution in [0.1, 0.15) is 29.9 Å². The van der Waals surface area contributed by atoms with Crippen LogP contribution in [0, 0.1) is 13.8 Å². The molecule has 0 fully saturated rings. The lowest BCUT2D eigenvalue weighted by Crippen LogP contribution is -2.07. The van der Waals surface area contributed by atoms with E-state index in [-0.39, 0.29) is 6.04 Å². The zero-order valence-electron chi connectivity index (χ0n) is 9.78. The topological polar surface area (TPSA) is 53.6 Å². The molecule has 0 saturated carbocycles. The van der Waals surface area contributed by atoms with Crippen molar-refractivity contribution >= 4 is 5.69 Å². The van der Waals surface area contributed by atoms with Gasteiger partial charge in [0.15, 0.2) is 0 Å². The fourth-order valence-corrected chi connectivity index (χ4v) is 1.72. The molecule has 0 amide bonds. The quantitative estimate of drug-likeness (QED) is 0.829. The SMILES string of the molecule is Cc1n[nH]c(C)c1NC(C)c1ccncc1. The summed E-state index contributed by atoms with van der Waals surface area (Å²) in [5.74, 6) is 0. The van der Waals surface area contributed by atoms with E-state index < -0.39 is 0 Å². The van der Waals surface area contributed by atoms with E-state index in [1.165, 1.54) is 5.56 Å². The lowest BCUT2D eigenvalue weighted by molar-refractivity contribution is 0.877. The van der Waals surface area contributed by atoms with Crippen LogP contribution >= 0.6 is 0 Å². The highest BCUT2D eigenvalue weighted by molar-refractivity contribution is 5.52. The highest BCUT2D eigenvalue weighted by Crippen LogP contribution is 2.22. The van der Waals surface area contributed by atoms with Gasteiger partial charge >= 0.3 is 0 Å². The molecule has 2 N–H and O–H groups in total. The van der Waals surface area contributed by atoms with Crippen molar-refractivity contribution in [3.63, 3.8) is 0 Å². The van der Waals surface area contributed by atoms with Crippen molar-refractivity contribution in [2.45, 2.75) is 26.8 Å². The summed E-state index contributed by atoms with van der Waals surface area (Å²) >= 11 is 0. The number of hydrogen-bond acceptors (Lipinski definition) is 3. The number of aryl methyl sites for hydroxylation is 2. The Hall–Kier alpha value is -1.84. The van der Waals surface area contributed by atoms with Crippen LogP contribution in [0.15, 0.2) is 24.5 Å². The number of aromatic amines is 1. The van der Waals surface area contributed by atoms with Crippen molar-refractivity contribution in [3.05, 3.63) is 41.5 Å². The lowest BCUT2D eigenvalue weighted by atomic mass is 10.1. The summed E-state index contributed by atoms with van der Waals surface area (Å²) in [4.78, 5) is 4.01. The molecule has 0 radical (unpaired) electrons. The molecule has 0 aromatic carbocycles. The minimum absolute atomic E-state index is 0.248. The van der Waals surface area contributed by atoms with Gasteiger partial charge in [0.25, 0.3) is 0 Å². The Bertz CT molecular complexity index is 442. The van der Waals surface area contributed by atoms with Crippen LogP contribution in [-0.2, 0) is 0 Å². The van der Waals surface area contributed by atoms with Gasteiger partial charge in [0.1, 0.15) is 0 Å². The van der Waals surface area contributed by atoms with Crippen molar-refractivity contribution in [1.29, 1.82) is 0 Å². The third-order valence-corrected chi connectivity index (χ3v) is 2.70. The van der Waals surface area contributed by atoms with Crippen LogP contribution < -0.4 is 5.32 Å². The molecule has 4 heteroatoms. The Kier molecular flexibility index (Phi) is 2.90. The van der Waals surface area contributed by atoms with Gasteiger partial charge in [-0.3, -0.25) is 10.1 Å². The van der Waals surface area contributed by atoms with Gasteiger partial charge in [-0.05, 0) is 38.5 Å². The second kappa shape index (κ2) is 4.35. The average molecular weight is 216 g/mol. The number of hydrogen-bond donors (Lipinski definition) is 2. The Morgan fingerprint density at radius 2 is 1.94 bits per heavy atom. The van der Waals surface area contributed by atoms with Crippen molar-refractivity contribution in [3.8, 4) is 0 Å². The van der Waals surface area contributed by atoms with Crippen LogP contribution in [0.2, 0.25) is 0 Å². The second-order valence-corrected chi connectivity index (χ2v) is 3.96. The number of pyridine rings is 1. The first-order chi connectivity index (χ1) is 7.68. The molecule has 0 aliphatic heterocycles. The van der Waals surface area contributed by atoms with Crippen LogP contribution in [0.3, 0.4) is 0 Å². The standard InChI is InChI=1S/C12H16N4/c1-8(11-4-6-13-7-5-11)14-12-9(2)15-16-10(12)3/h4-8,14H,1-3H3,(H,15,16). The Morgan fingerprint density at radius 3 is 2.50 bits per heavy atom. The summed E-state index contributed by atoms with van der Waals surface area (Å²) in [6, 6.07) is 4.28. The van der Waals surface area contributed by atoms with E-state index in [2.05, 4.69) is 27.4 Å². The van der Waals surface area contributed by atoms with Crippen LogP contribution in [-0.4, -0.2) is 15.2 Å². The molecule has 1 atom stereocenters. The Balaban J connectivity index is 2.17. The number of anilines is 1. The van der Waals surface area contributed by atoms with E-state index in [0.29, 0.717) is 0 Å². The van der Waals surface area contributed by atoms with E-state index in [4.69, 9.17) is 0 Å². The minimum atomic E-state index is 0.248. The number of nitrogens with zero attached hydrogens (tertiary/aromatic N) is 2. The van der Waals surface area contributed by atoms with Gasteiger partial charge in [-0.25, -0.2) is 0 Å². The fourth-order valence-electron chi connectivity index (χ4n) is 1.72. The molecule has 0 bridgehead atoms. The van der Waals surface area contributed by atoms with Gasteiger partial charge in [-0.1, -0.05) is 0 Å². The molecule has 1 unspecified atom stereocenters. The second-order valence-electron chi connectivity index (χ2n) is 3.96. The summed E-state index contributed by atoms with van der Waals surface area (Å²) in [7, 11) is 0. The van der Waals surface area contributed by atoms with Gasteiger partial charge in [-0.2, -0.15) is 5.10 Å². The number of rotatable bonds is 3. The van der Waals surface area contributed by atoms with E-state index in [1.807, 2.05) is 38.4 Å². The third-order valence-electron chi connectivity index (χ3n) is 2.70. The molecule has 16 heavy (non-hydrogen) atoms. The molecule has 4 nitrogen and oxygen atoms in total. The molecule has 0 spiro atoms. The van der Waals surface area contributed by atoms with E-state index in [1.54, 1.807) is 0 Å². The first kappa shape index (κ1) is 10.7. The molecular weight excluding hydrogens is 200 g/mol.